The molecule has 7 nitrogen and oxygen atoms in total. The number of methoxy groups -OCH3 is 1. The van der Waals surface area contributed by atoms with Crippen molar-refractivity contribution < 1.29 is 9.47 Å². The molecule has 2 heterocycles. The number of ether oxygens (including phenoxy) is 2. The summed E-state index contributed by atoms with van der Waals surface area (Å²) in [6, 6.07) is 18.8. The van der Waals surface area contributed by atoms with Gasteiger partial charge in [-0.1, -0.05) is 43.4 Å². The molecule has 7 heteroatoms. The van der Waals surface area contributed by atoms with E-state index in [0.29, 0.717) is 29.8 Å². The van der Waals surface area contributed by atoms with Crippen LogP contribution in [0, 0.1) is 12.0 Å². The van der Waals surface area contributed by atoms with Crippen molar-refractivity contribution in [3.63, 3.8) is 0 Å². The number of aromatic nitrogens is 2. The molecule has 1 aliphatic heterocycles. The summed E-state index contributed by atoms with van der Waals surface area (Å²) in [5.41, 5.74) is 7.54. The Kier molecular flexibility index (Phi) is 7.84. The lowest BCUT2D eigenvalue weighted by atomic mass is 9.90. The summed E-state index contributed by atoms with van der Waals surface area (Å²) in [7, 11) is 3.85. The highest BCUT2D eigenvalue weighted by atomic mass is 16.5. The Morgan fingerprint density at radius 1 is 0.977 bits per heavy atom. The number of rotatable bonds is 9. The predicted octanol–water partition coefficient (Wildman–Crippen LogP) is 6.83. The highest BCUT2D eigenvalue weighted by Gasteiger charge is 2.20. The average molecular weight is 585 g/mol. The van der Waals surface area contributed by atoms with Crippen molar-refractivity contribution in [3.8, 4) is 22.9 Å². The molecule has 0 saturated carbocycles. The van der Waals surface area contributed by atoms with E-state index in [4.69, 9.17) is 19.4 Å². The lowest BCUT2D eigenvalue weighted by Crippen LogP contribution is -2.45. The number of nitrogens with zero attached hydrogens (tertiary/aromatic N) is 4. The standard InChI is InChI=1S/C37H38N5O2/c1-25-6-4-7-27(20-25)28-8-5-9-30(21-28)36-39-33-24-34(43-3)35(44-19-18-42-16-14-41(2)15-17-42)23-32(33)37(40-36)38-31-13-12-26-10-11-29(26)22-31/h4-9,11-13,21-25H,14-20H2,1-3H3,(H,38,39,40)/q+1. The largest absolute Gasteiger partial charge is 0.493 e. The van der Waals surface area contributed by atoms with Crippen LogP contribution in [0.2, 0.25) is 0 Å². The first kappa shape index (κ1) is 28.2. The third-order valence-electron chi connectivity index (χ3n) is 8.71. The fourth-order valence-corrected chi connectivity index (χ4v) is 6.01. The van der Waals surface area contributed by atoms with Crippen LogP contribution in [0.3, 0.4) is 0 Å². The molecule has 1 atom stereocenters. The molecule has 7 rings (SSSR count). The van der Waals surface area contributed by atoms with Gasteiger partial charge in [0, 0.05) is 74.0 Å². The number of allylic oxidation sites excluding steroid dienone is 4. The second kappa shape index (κ2) is 12.2. The van der Waals surface area contributed by atoms with Gasteiger partial charge in [-0.25, -0.2) is 9.97 Å². The Bertz CT molecular complexity index is 1780. The SMILES string of the molecule is COc1cc2nc(-c3cccc(C4=CC=CC(C)C4)c3)nc(Nc3ccc4c(c3)C=[C+]4)c2cc1OCCN1CCN(C)CC1. The van der Waals surface area contributed by atoms with Gasteiger partial charge in [-0.2, -0.15) is 0 Å². The molecule has 44 heavy (non-hydrogen) atoms. The van der Waals surface area contributed by atoms with Crippen LogP contribution in [0.1, 0.15) is 30.0 Å². The number of hydrogen-bond acceptors (Lipinski definition) is 7. The Morgan fingerprint density at radius 2 is 1.84 bits per heavy atom. The van der Waals surface area contributed by atoms with Crippen LogP contribution < -0.4 is 14.8 Å². The highest BCUT2D eigenvalue weighted by molar-refractivity contribution is 5.95. The van der Waals surface area contributed by atoms with E-state index in [9.17, 15) is 0 Å². The van der Waals surface area contributed by atoms with E-state index in [-0.39, 0.29) is 0 Å². The number of benzene rings is 3. The number of hydrogen-bond donors (Lipinski definition) is 1. The van der Waals surface area contributed by atoms with E-state index >= 15 is 0 Å². The average Bonchev–Trinajstić information content (AvgIpc) is 3.03. The predicted molar refractivity (Wildman–Crippen MR) is 178 cm³/mol. The summed E-state index contributed by atoms with van der Waals surface area (Å²) in [6.45, 7) is 7.99. The maximum absolute atomic E-state index is 6.33. The van der Waals surface area contributed by atoms with Crippen molar-refractivity contribution in [1.29, 1.82) is 0 Å². The van der Waals surface area contributed by atoms with Crippen molar-refractivity contribution >= 4 is 34.1 Å². The van der Waals surface area contributed by atoms with Gasteiger partial charge >= 0.3 is 0 Å². The molecule has 0 bridgehead atoms. The summed E-state index contributed by atoms with van der Waals surface area (Å²) in [4.78, 5) is 15.0. The van der Waals surface area contributed by atoms with Gasteiger partial charge in [0.2, 0.25) is 0 Å². The molecule has 1 saturated heterocycles. The van der Waals surface area contributed by atoms with Crippen molar-refractivity contribution in [2.45, 2.75) is 13.3 Å². The van der Waals surface area contributed by atoms with Crippen LogP contribution >= 0.6 is 0 Å². The first-order valence-electron chi connectivity index (χ1n) is 15.4. The van der Waals surface area contributed by atoms with E-state index < -0.39 is 0 Å². The van der Waals surface area contributed by atoms with Crippen LogP contribution in [0.5, 0.6) is 11.5 Å². The third kappa shape index (κ3) is 5.95. The van der Waals surface area contributed by atoms with Crippen molar-refractivity contribution in [3.05, 3.63) is 95.6 Å². The number of likely N-dealkylation sites (N-methyl/N-ethyl adjacent to an activating group) is 1. The van der Waals surface area contributed by atoms with E-state index in [1.807, 2.05) is 18.2 Å². The summed E-state index contributed by atoms with van der Waals surface area (Å²) < 4.78 is 12.1. The number of fused-ring (bicyclic) bond motifs is 2. The lowest BCUT2D eigenvalue weighted by molar-refractivity contribution is 0.133. The maximum Gasteiger partial charge on any atom is 0.162 e. The minimum Gasteiger partial charge on any atom is -0.493 e. The van der Waals surface area contributed by atoms with E-state index in [0.717, 1.165) is 72.7 Å². The Balaban J connectivity index is 1.24. The molecule has 0 spiro atoms. The molecule has 1 N–H and O–H groups in total. The first-order chi connectivity index (χ1) is 21.5. The van der Waals surface area contributed by atoms with E-state index in [1.54, 1.807) is 7.11 Å². The van der Waals surface area contributed by atoms with E-state index in [1.165, 1.54) is 16.7 Å². The number of anilines is 2. The Morgan fingerprint density at radius 3 is 2.61 bits per heavy atom. The van der Waals surface area contributed by atoms with Gasteiger partial charge in [-0.05, 0) is 42.7 Å². The second-order valence-electron chi connectivity index (χ2n) is 12.0. The number of nitrogens with one attached hydrogen (secondary N) is 1. The molecule has 1 aromatic heterocycles. The van der Waals surface area contributed by atoms with Crippen LogP contribution in [0.25, 0.3) is 33.9 Å². The topological polar surface area (TPSA) is 62.8 Å². The fraction of sp³-hybridized carbons (Fsp3) is 0.297. The second-order valence-corrected chi connectivity index (χ2v) is 12.0. The van der Waals surface area contributed by atoms with Gasteiger partial charge in [-0.15, -0.1) is 0 Å². The van der Waals surface area contributed by atoms with Crippen LogP contribution in [0.4, 0.5) is 11.5 Å². The minimum absolute atomic E-state index is 0.521. The third-order valence-corrected chi connectivity index (χ3v) is 8.71. The quantitative estimate of drug-likeness (QED) is 0.191. The van der Waals surface area contributed by atoms with Gasteiger partial charge in [-0.3, -0.25) is 4.90 Å². The Hall–Kier alpha value is -4.55. The van der Waals surface area contributed by atoms with Crippen molar-refractivity contribution in [2.75, 3.05) is 58.8 Å². The summed E-state index contributed by atoms with van der Waals surface area (Å²) >= 11 is 0. The fourth-order valence-electron chi connectivity index (χ4n) is 6.01. The summed E-state index contributed by atoms with van der Waals surface area (Å²) in [6.07, 6.45) is 12.9. The molecule has 0 radical (unpaired) electrons. The van der Waals surface area contributed by atoms with Gasteiger partial charge in [0.1, 0.15) is 12.4 Å². The highest BCUT2D eigenvalue weighted by Crippen LogP contribution is 2.37. The maximum atomic E-state index is 6.33. The monoisotopic (exact) mass is 584 g/mol. The molecule has 2 aliphatic carbocycles. The lowest BCUT2D eigenvalue weighted by Gasteiger charge is -2.32. The van der Waals surface area contributed by atoms with Crippen LogP contribution in [0.15, 0.2) is 72.8 Å². The molecular formula is C37H38N5O2+. The molecule has 1 fully saturated rings. The molecule has 222 valence electrons. The molecule has 3 aliphatic rings. The summed E-state index contributed by atoms with van der Waals surface area (Å²) in [5, 5.41) is 4.46. The normalized spacial score (nSPS) is 17.9. The molecular weight excluding hydrogens is 546 g/mol. The van der Waals surface area contributed by atoms with Gasteiger partial charge in [0.05, 0.1) is 30.0 Å². The van der Waals surface area contributed by atoms with Crippen LogP contribution in [-0.4, -0.2) is 73.3 Å². The zero-order valence-corrected chi connectivity index (χ0v) is 25.6. The van der Waals surface area contributed by atoms with Crippen molar-refractivity contribution in [1.82, 2.24) is 19.8 Å². The number of piperazine rings is 1. The van der Waals surface area contributed by atoms with Crippen LogP contribution in [-0.2, 0) is 0 Å². The van der Waals surface area contributed by atoms with Gasteiger partial charge in [0.25, 0.3) is 0 Å². The van der Waals surface area contributed by atoms with Crippen molar-refractivity contribution in [2.24, 2.45) is 5.92 Å². The summed E-state index contributed by atoms with van der Waals surface area (Å²) in [5.74, 6) is 3.26. The molecule has 4 aromatic rings. The Labute approximate surface area is 259 Å². The zero-order valence-electron chi connectivity index (χ0n) is 25.6. The molecule has 3 aromatic carbocycles. The van der Waals surface area contributed by atoms with E-state index in [2.05, 4.69) is 95.9 Å². The van der Waals surface area contributed by atoms with Gasteiger partial charge in [0.15, 0.2) is 22.9 Å². The zero-order chi connectivity index (χ0) is 30.0. The minimum atomic E-state index is 0.521. The molecule has 1 unspecified atom stereocenters. The smallest absolute Gasteiger partial charge is 0.162 e. The molecule has 0 amide bonds. The van der Waals surface area contributed by atoms with Gasteiger partial charge < -0.3 is 19.7 Å². The first-order valence-corrected chi connectivity index (χ1v) is 15.4.